The molecule has 5 nitrogen and oxygen atoms in total. The maximum absolute atomic E-state index is 13.0. The molecule has 0 atom stereocenters. The Bertz CT molecular complexity index is 766. The molecule has 0 fully saturated rings. The van der Waals surface area contributed by atoms with Crippen LogP contribution in [0.3, 0.4) is 0 Å². The number of benzene rings is 1. The molecule has 21 heavy (non-hydrogen) atoms. The minimum atomic E-state index is -1.16. The van der Waals surface area contributed by atoms with E-state index in [0.717, 1.165) is 4.88 Å². The zero-order valence-corrected chi connectivity index (χ0v) is 11.5. The molecular weight excluding hydrogens is 293 g/mol. The van der Waals surface area contributed by atoms with Gasteiger partial charge in [0.15, 0.2) is 5.69 Å². The highest BCUT2D eigenvalue weighted by atomic mass is 32.1. The van der Waals surface area contributed by atoms with Gasteiger partial charge in [0, 0.05) is 10.4 Å². The van der Waals surface area contributed by atoms with E-state index in [0.29, 0.717) is 17.8 Å². The topological polar surface area (TPSA) is 68.0 Å². The van der Waals surface area contributed by atoms with Gasteiger partial charge in [0.1, 0.15) is 11.5 Å². The Morgan fingerprint density at radius 3 is 2.67 bits per heavy atom. The van der Waals surface area contributed by atoms with Crippen LogP contribution in [0.1, 0.15) is 15.4 Å². The molecule has 0 amide bonds. The number of aromatic carboxylic acids is 1. The summed E-state index contributed by atoms with van der Waals surface area (Å²) in [5.74, 6) is -1.54. The number of aromatic nitrogens is 3. The Labute approximate surface area is 123 Å². The summed E-state index contributed by atoms with van der Waals surface area (Å²) in [5, 5.41) is 18.8. The number of thiophene rings is 1. The van der Waals surface area contributed by atoms with E-state index in [1.165, 1.54) is 28.9 Å². The molecule has 0 radical (unpaired) electrons. The van der Waals surface area contributed by atoms with Gasteiger partial charge in [-0.1, -0.05) is 11.3 Å². The average Bonchev–Trinajstić information content (AvgIpc) is 3.10. The van der Waals surface area contributed by atoms with Gasteiger partial charge in [0.05, 0.1) is 6.54 Å². The normalized spacial score (nSPS) is 10.7. The Balaban J connectivity index is 2.08. The largest absolute Gasteiger partial charge is 0.476 e. The molecule has 7 heteroatoms. The van der Waals surface area contributed by atoms with Crippen molar-refractivity contribution in [3.05, 3.63) is 58.2 Å². The van der Waals surface area contributed by atoms with Gasteiger partial charge in [-0.3, -0.25) is 0 Å². The monoisotopic (exact) mass is 303 g/mol. The van der Waals surface area contributed by atoms with Gasteiger partial charge in [0.25, 0.3) is 0 Å². The highest BCUT2D eigenvalue weighted by molar-refractivity contribution is 7.09. The van der Waals surface area contributed by atoms with E-state index in [1.807, 2.05) is 17.5 Å². The minimum Gasteiger partial charge on any atom is -0.476 e. The summed E-state index contributed by atoms with van der Waals surface area (Å²) < 4.78 is 14.6. The molecule has 0 aliphatic heterocycles. The third-order valence-corrected chi connectivity index (χ3v) is 3.80. The summed E-state index contributed by atoms with van der Waals surface area (Å²) in [6, 6.07) is 9.44. The molecule has 0 saturated carbocycles. The van der Waals surface area contributed by atoms with Crippen LogP contribution in [0.25, 0.3) is 11.3 Å². The van der Waals surface area contributed by atoms with Crippen LogP contribution in [0.2, 0.25) is 0 Å². The second-order valence-electron chi connectivity index (χ2n) is 4.34. The zero-order valence-electron chi connectivity index (χ0n) is 10.7. The van der Waals surface area contributed by atoms with Gasteiger partial charge in [0.2, 0.25) is 0 Å². The molecule has 1 aromatic carbocycles. The number of nitrogens with zero attached hydrogens (tertiary/aromatic N) is 3. The van der Waals surface area contributed by atoms with Crippen molar-refractivity contribution in [3.63, 3.8) is 0 Å². The molecule has 2 aromatic heterocycles. The number of rotatable bonds is 4. The summed E-state index contributed by atoms with van der Waals surface area (Å²) >= 11 is 1.55. The van der Waals surface area contributed by atoms with Gasteiger partial charge >= 0.3 is 5.97 Å². The van der Waals surface area contributed by atoms with Crippen molar-refractivity contribution < 1.29 is 14.3 Å². The highest BCUT2D eigenvalue weighted by Gasteiger charge is 2.20. The molecule has 0 unspecified atom stereocenters. The molecule has 0 aliphatic rings. The van der Waals surface area contributed by atoms with E-state index in [-0.39, 0.29) is 11.5 Å². The fraction of sp³-hybridized carbons (Fsp3) is 0.0714. The van der Waals surface area contributed by atoms with E-state index in [4.69, 9.17) is 0 Å². The molecule has 0 spiro atoms. The number of hydrogen-bond donors (Lipinski definition) is 1. The third-order valence-electron chi connectivity index (χ3n) is 2.94. The first-order valence-electron chi connectivity index (χ1n) is 6.10. The second kappa shape index (κ2) is 5.45. The van der Waals surface area contributed by atoms with Gasteiger partial charge in [-0.15, -0.1) is 16.4 Å². The lowest BCUT2D eigenvalue weighted by atomic mass is 10.1. The summed E-state index contributed by atoms with van der Waals surface area (Å²) in [7, 11) is 0. The van der Waals surface area contributed by atoms with Crippen LogP contribution in [-0.2, 0) is 6.54 Å². The SMILES string of the molecule is O=C(O)c1nnn(Cc2cccs2)c1-c1ccc(F)cc1. The number of carboxylic acid groups (broad SMARTS) is 1. The fourth-order valence-corrected chi connectivity index (χ4v) is 2.70. The summed E-state index contributed by atoms with van der Waals surface area (Å²) in [6.45, 7) is 0.421. The van der Waals surface area contributed by atoms with Crippen LogP contribution in [0, 0.1) is 5.82 Å². The van der Waals surface area contributed by atoms with Gasteiger partial charge in [-0.25, -0.2) is 13.9 Å². The predicted molar refractivity (Wildman–Crippen MR) is 75.8 cm³/mol. The standard InChI is InChI=1S/C14H10FN3O2S/c15-10-5-3-9(4-6-10)13-12(14(19)20)16-17-18(13)8-11-2-1-7-21-11/h1-7H,8H2,(H,19,20). The van der Waals surface area contributed by atoms with Gasteiger partial charge < -0.3 is 5.11 Å². The Morgan fingerprint density at radius 1 is 1.29 bits per heavy atom. The molecule has 106 valence electrons. The summed E-state index contributed by atoms with van der Waals surface area (Å²) in [4.78, 5) is 12.3. The Morgan fingerprint density at radius 2 is 2.05 bits per heavy atom. The summed E-state index contributed by atoms with van der Waals surface area (Å²) in [6.07, 6.45) is 0. The van der Waals surface area contributed by atoms with Crippen molar-refractivity contribution in [2.24, 2.45) is 0 Å². The van der Waals surface area contributed by atoms with Gasteiger partial charge in [-0.2, -0.15) is 0 Å². The molecule has 2 heterocycles. The van der Waals surface area contributed by atoms with Crippen molar-refractivity contribution in [1.82, 2.24) is 15.0 Å². The first-order valence-corrected chi connectivity index (χ1v) is 6.98. The molecule has 0 bridgehead atoms. The average molecular weight is 303 g/mol. The van der Waals surface area contributed by atoms with Crippen LogP contribution in [0.4, 0.5) is 4.39 Å². The zero-order chi connectivity index (χ0) is 14.8. The lowest BCUT2D eigenvalue weighted by molar-refractivity contribution is 0.0691. The molecule has 1 N–H and O–H groups in total. The first kappa shape index (κ1) is 13.4. The smallest absolute Gasteiger partial charge is 0.358 e. The molecular formula is C14H10FN3O2S. The first-order chi connectivity index (χ1) is 10.1. The number of hydrogen-bond acceptors (Lipinski definition) is 4. The number of carboxylic acids is 1. The van der Waals surface area contributed by atoms with Crippen LogP contribution < -0.4 is 0 Å². The molecule has 3 aromatic rings. The summed E-state index contributed by atoms with van der Waals surface area (Å²) in [5.41, 5.74) is 0.796. The van der Waals surface area contributed by atoms with E-state index in [2.05, 4.69) is 10.3 Å². The number of carbonyl (C=O) groups is 1. The maximum atomic E-state index is 13.0. The van der Waals surface area contributed by atoms with Gasteiger partial charge in [-0.05, 0) is 35.7 Å². The van der Waals surface area contributed by atoms with Crippen molar-refractivity contribution in [2.45, 2.75) is 6.54 Å². The maximum Gasteiger partial charge on any atom is 0.358 e. The van der Waals surface area contributed by atoms with Crippen LogP contribution in [-0.4, -0.2) is 26.1 Å². The van der Waals surface area contributed by atoms with Crippen molar-refractivity contribution in [1.29, 1.82) is 0 Å². The van der Waals surface area contributed by atoms with Crippen LogP contribution >= 0.6 is 11.3 Å². The molecule has 0 aliphatic carbocycles. The van der Waals surface area contributed by atoms with E-state index < -0.39 is 5.97 Å². The second-order valence-corrected chi connectivity index (χ2v) is 5.37. The van der Waals surface area contributed by atoms with E-state index >= 15 is 0 Å². The third kappa shape index (κ3) is 2.68. The fourth-order valence-electron chi connectivity index (χ4n) is 2.01. The quantitative estimate of drug-likeness (QED) is 0.804. The Kier molecular flexibility index (Phi) is 3.49. The van der Waals surface area contributed by atoms with Crippen LogP contribution in [0.15, 0.2) is 41.8 Å². The number of halogens is 1. The van der Waals surface area contributed by atoms with Crippen LogP contribution in [0.5, 0.6) is 0 Å². The Hall–Kier alpha value is -2.54. The van der Waals surface area contributed by atoms with E-state index in [1.54, 1.807) is 11.3 Å². The van der Waals surface area contributed by atoms with Crippen molar-refractivity contribution >= 4 is 17.3 Å². The lowest BCUT2D eigenvalue weighted by Crippen LogP contribution is -2.05. The highest BCUT2D eigenvalue weighted by Crippen LogP contribution is 2.24. The lowest BCUT2D eigenvalue weighted by Gasteiger charge is -2.06. The van der Waals surface area contributed by atoms with Crippen molar-refractivity contribution in [2.75, 3.05) is 0 Å². The predicted octanol–water partition coefficient (Wildman–Crippen LogP) is 2.89. The molecule has 3 rings (SSSR count). The van der Waals surface area contributed by atoms with Crippen molar-refractivity contribution in [3.8, 4) is 11.3 Å². The molecule has 0 saturated heterocycles. The van der Waals surface area contributed by atoms with E-state index in [9.17, 15) is 14.3 Å². The minimum absolute atomic E-state index is 0.141.